The SMILES string of the molecule is N=C(N)c1ccc(CNC(=O)CCc2cccc(-c3ccc(SN)cc3)c2)cc1. The maximum Gasteiger partial charge on any atom is 0.220 e. The van der Waals surface area contributed by atoms with Crippen molar-refractivity contribution in [2.45, 2.75) is 24.3 Å². The standard InChI is InChI=1S/C23H24N4OS/c24-23(25)19-7-4-17(5-8-19)15-27-22(28)13-6-16-2-1-3-20(14-16)18-9-11-21(29-26)12-10-18/h1-5,7-12,14H,6,13,15,26H2,(H3,24,25)(H,27,28). The summed E-state index contributed by atoms with van der Waals surface area (Å²) in [6.07, 6.45) is 1.11. The number of hydrogen-bond donors (Lipinski definition) is 4. The summed E-state index contributed by atoms with van der Waals surface area (Å²) in [6.45, 7) is 0.461. The van der Waals surface area contributed by atoms with E-state index in [2.05, 4.69) is 29.6 Å². The lowest BCUT2D eigenvalue weighted by Crippen LogP contribution is -2.23. The molecule has 0 fully saturated rings. The van der Waals surface area contributed by atoms with Gasteiger partial charge in [-0.2, -0.15) is 0 Å². The molecule has 1 amide bonds. The van der Waals surface area contributed by atoms with Gasteiger partial charge in [0.2, 0.25) is 5.91 Å². The van der Waals surface area contributed by atoms with Crippen LogP contribution in [0.15, 0.2) is 77.7 Å². The van der Waals surface area contributed by atoms with E-state index in [9.17, 15) is 4.79 Å². The van der Waals surface area contributed by atoms with E-state index in [1.54, 1.807) is 12.1 Å². The molecule has 148 valence electrons. The smallest absolute Gasteiger partial charge is 0.220 e. The minimum absolute atomic E-state index is 0.00960. The molecule has 29 heavy (non-hydrogen) atoms. The third-order valence-electron chi connectivity index (χ3n) is 4.65. The molecule has 3 rings (SSSR count). The van der Waals surface area contributed by atoms with Gasteiger partial charge in [0.1, 0.15) is 5.84 Å². The fourth-order valence-corrected chi connectivity index (χ4v) is 3.27. The highest BCUT2D eigenvalue weighted by atomic mass is 32.2. The fraction of sp³-hybridized carbons (Fsp3) is 0.130. The predicted molar refractivity (Wildman–Crippen MR) is 120 cm³/mol. The molecular formula is C23H24N4OS. The Balaban J connectivity index is 1.52. The van der Waals surface area contributed by atoms with Crippen LogP contribution in [0.5, 0.6) is 0 Å². The van der Waals surface area contributed by atoms with Gasteiger partial charge in [0.05, 0.1) is 0 Å². The second-order valence-electron chi connectivity index (χ2n) is 6.73. The van der Waals surface area contributed by atoms with Crippen LogP contribution in [0.2, 0.25) is 0 Å². The molecule has 0 atom stereocenters. The van der Waals surface area contributed by atoms with E-state index >= 15 is 0 Å². The van der Waals surface area contributed by atoms with E-state index < -0.39 is 0 Å². The van der Waals surface area contributed by atoms with Gasteiger partial charge in [-0.3, -0.25) is 15.3 Å². The summed E-state index contributed by atoms with van der Waals surface area (Å²) >= 11 is 1.23. The van der Waals surface area contributed by atoms with Crippen LogP contribution in [-0.4, -0.2) is 11.7 Å². The number of nitrogens with one attached hydrogen (secondary N) is 2. The highest BCUT2D eigenvalue weighted by molar-refractivity contribution is 7.97. The Kier molecular flexibility index (Phi) is 7.05. The Morgan fingerprint density at radius 2 is 1.66 bits per heavy atom. The number of amidine groups is 1. The van der Waals surface area contributed by atoms with E-state index in [-0.39, 0.29) is 11.7 Å². The first-order chi connectivity index (χ1) is 14.0. The molecule has 0 heterocycles. The summed E-state index contributed by atoms with van der Waals surface area (Å²) in [7, 11) is 0. The third kappa shape index (κ3) is 5.94. The van der Waals surface area contributed by atoms with E-state index in [1.807, 2.05) is 36.4 Å². The van der Waals surface area contributed by atoms with E-state index in [1.165, 1.54) is 11.9 Å². The van der Waals surface area contributed by atoms with Crippen LogP contribution in [0.4, 0.5) is 0 Å². The Morgan fingerprint density at radius 1 is 0.931 bits per heavy atom. The van der Waals surface area contributed by atoms with Gasteiger partial charge in [-0.25, -0.2) is 0 Å². The molecule has 0 unspecified atom stereocenters. The summed E-state index contributed by atoms with van der Waals surface area (Å²) < 4.78 is 0. The van der Waals surface area contributed by atoms with Crippen molar-refractivity contribution in [3.05, 3.63) is 89.5 Å². The number of rotatable bonds is 8. The first-order valence-electron chi connectivity index (χ1n) is 9.31. The normalized spacial score (nSPS) is 10.5. The highest BCUT2D eigenvalue weighted by Crippen LogP contribution is 2.23. The van der Waals surface area contributed by atoms with Crippen molar-refractivity contribution in [1.29, 1.82) is 5.41 Å². The average Bonchev–Trinajstić information content (AvgIpc) is 2.77. The quantitative estimate of drug-likeness (QED) is 0.260. The molecule has 0 saturated carbocycles. The molecule has 0 aliphatic heterocycles. The number of benzene rings is 3. The number of carbonyl (C=O) groups excluding carboxylic acids is 1. The van der Waals surface area contributed by atoms with E-state index in [0.717, 1.165) is 27.1 Å². The molecule has 0 spiro atoms. The third-order valence-corrected chi connectivity index (χ3v) is 5.19. The van der Waals surface area contributed by atoms with Crippen molar-refractivity contribution in [3.63, 3.8) is 0 Å². The van der Waals surface area contributed by atoms with Gasteiger partial charge in [-0.05, 0) is 52.8 Å². The summed E-state index contributed by atoms with van der Waals surface area (Å²) in [6, 6.07) is 23.7. The number of nitrogens with two attached hydrogens (primary N) is 2. The lowest BCUT2D eigenvalue weighted by molar-refractivity contribution is -0.121. The molecule has 5 nitrogen and oxygen atoms in total. The average molecular weight is 405 g/mol. The highest BCUT2D eigenvalue weighted by Gasteiger charge is 2.05. The molecule has 0 aliphatic carbocycles. The number of amides is 1. The largest absolute Gasteiger partial charge is 0.384 e. The molecule has 0 saturated heterocycles. The first kappa shape index (κ1) is 20.6. The zero-order chi connectivity index (χ0) is 20.6. The Hall–Kier alpha value is -3.09. The number of nitrogen functional groups attached to an aromatic ring is 1. The van der Waals surface area contributed by atoms with Crippen molar-refractivity contribution < 1.29 is 4.79 Å². The van der Waals surface area contributed by atoms with Gasteiger partial charge < -0.3 is 11.1 Å². The van der Waals surface area contributed by atoms with Crippen molar-refractivity contribution >= 4 is 23.7 Å². The van der Waals surface area contributed by atoms with Gasteiger partial charge in [-0.1, -0.05) is 60.7 Å². The Bertz CT molecular complexity index is 985. The molecule has 0 aromatic heterocycles. The van der Waals surface area contributed by atoms with Gasteiger partial charge in [0, 0.05) is 23.4 Å². The van der Waals surface area contributed by atoms with Crippen LogP contribution in [0.3, 0.4) is 0 Å². The van der Waals surface area contributed by atoms with Gasteiger partial charge in [-0.15, -0.1) is 0 Å². The van der Waals surface area contributed by atoms with Crippen LogP contribution >= 0.6 is 11.9 Å². The zero-order valence-electron chi connectivity index (χ0n) is 16.0. The van der Waals surface area contributed by atoms with Crippen LogP contribution in [0.25, 0.3) is 11.1 Å². The first-order valence-corrected chi connectivity index (χ1v) is 10.2. The summed E-state index contributed by atoms with van der Waals surface area (Å²) in [5.74, 6) is 0.0485. The fourth-order valence-electron chi connectivity index (χ4n) is 2.98. The molecule has 3 aromatic carbocycles. The maximum absolute atomic E-state index is 12.2. The zero-order valence-corrected chi connectivity index (χ0v) is 16.8. The summed E-state index contributed by atoms with van der Waals surface area (Å²) in [5.41, 5.74) is 10.5. The van der Waals surface area contributed by atoms with Gasteiger partial charge in [0.25, 0.3) is 0 Å². The van der Waals surface area contributed by atoms with Gasteiger partial charge >= 0.3 is 0 Å². The minimum atomic E-state index is 0.00960. The van der Waals surface area contributed by atoms with Crippen LogP contribution < -0.4 is 16.2 Å². The summed E-state index contributed by atoms with van der Waals surface area (Å²) in [5, 5.41) is 15.9. The molecule has 6 N–H and O–H groups in total. The van der Waals surface area contributed by atoms with Crippen molar-refractivity contribution in [1.82, 2.24) is 5.32 Å². The minimum Gasteiger partial charge on any atom is -0.384 e. The number of hydrogen-bond acceptors (Lipinski definition) is 4. The number of carbonyl (C=O) groups is 1. The predicted octanol–water partition coefficient (Wildman–Crippen LogP) is 3.85. The molecule has 3 aromatic rings. The molecule has 0 aliphatic rings. The second kappa shape index (κ2) is 9.91. The Labute approximate surface area is 175 Å². The van der Waals surface area contributed by atoms with Crippen LogP contribution in [0.1, 0.15) is 23.1 Å². The Morgan fingerprint density at radius 3 is 2.31 bits per heavy atom. The molecular weight excluding hydrogens is 380 g/mol. The lowest BCUT2D eigenvalue weighted by atomic mass is 10.0. The second-order valence-corrected chi connectivity index (χ2v) is 7.44. The monoisotopic (exact) mass is 404 g/mol. The number of aryl methyl sites for hydroxylation is 1. The maximum atomic E-state index is 12.2. The molecule has 6 heteroatoms. The van der Waals surface area contributed by atoms with Crippen molar-refractivity contribution in [2.24, 2.45) is 10.9 Å². The lowest BCUT2D eigenvalue weighted by Gasteiger charge is -2.08. The van der Waals surface area contributed by atoms with Crippen molar-refractivity contribution in [3.8, 4) is 11.1 Å². The summed E-state index contributed by atoms with van der Waals surface area (Å²) in [4.78, 5) is 13.2. The van der Waals surface area contributed by atoms with Crippen LogP contribution in [0, 0.1) is 5.41 Å². The topological polar surface area (TPSA) is 105 Å². The molecule has 0 radical (unpaired) electrons. The van der Waals surface area contributed by atoms with Crippen molar-refractivity contribution in [2.75, 3.05) is 0 Å². The van der Waals surface area contributed by atoms with Gasteiger partial charge in [0.15, 0.2) is 0 Å². The van der Waals surface area contributed by atoms with Crippen LogP contribution in [-0.2, 0) is 17.8 Å². The van der Waals surface area contributed by atoms with E-state index in [0.29, 0.717) is 24.9 Å². The van der Waals surface area contributed by atoms with E-state index in [4.69, 9.17) is 16.3 Å². The molecule has 0 bridgehead atoms.